The third-order valence-electron chi connectivity index (χ3n) is 3.41. The second kappa shape index (κ2) is 5.98. The highest BCUT2D eigenvalue weighted by molar-refractivity contribution is 7.89. The molecule has 1 aromatic rings. The molecule has 0 radical (unpaired) electrons. The second-order valence-electron chi connectivity index (χ2n) is 4.76. The molecule has 1 aliphatic heterocycles. The first-order chi connectivity index (χ1) is 9.04. The third-order valence-corrected chi connectivity index (χ3v) is 5.30. The van der Waals surface area contributed by atoms with E-state index in [1.54, 1.807) is 7.11 Å². The van der Waals surface area contributed by atoms with E-state index in [2.05, 4.69) is 0 Å². The maximum Gasteiger partial charge on any atom is 0.243 e. The summed E-state index contributed by atoms with van der Waals surface area (Å²) < 4.78 is 44.3. The van der Waals surface area contributed by atoms with Crippen LogP contribution in [0.2, 0.25) is 0 Å². The Balaban J connectivity index is 2.10. The van der Waals surface area contributed by atoms with E-state index >= 15 is 0 Å². The fraction of sp³-hybridized carbons (Fsp3) is 0.538. The number of sulfonamides is 1. The molecule has 6 heteroatoms. The molecule has 1 fully saturated rings. The van der Waals surface area contributed by atoms with Gasteiger partial charge in [0.05, 0.1) is 4.90 Å². The van der Waals surface area contributed by atoms with Gasteiger partial charge in [0, 0.05) is 26.8 Å². The largest absolute Gasteiger partial charge is 0.384 e. The van der Waals surface area contributed by atoms with Crippen LogP contribution in [0.3, 0.4) is 0 Å². The number of rotatable bonds is 4. The Hall–Kier alpha value is -0.980. The van der Waals surface area contributed by atoms with Crippen molar-refractivity contribution in [2.45, 2.75) is 17.7 Å². The van der Waals surface area contributed by atoms with Gasteiger partial charge in [0.1, 0.15) is 5.82 Å². The number of halogens is 1. The molecule has 1 aliphatic rings. The summed E-state index contributed by atoms with van der Waals surface area (Å²) in [7, 11) is -1.92. The molecule has 106 valence electrons. The Bertz CT molecular complexity index is 524. The summed E-state index contributed by atoms with van der Waals surface area (Å²) in [5, 5.41) is 0. The van der Waals surface area contributed by atoms with Gasteiger partial charge < -0.3 is 4.74 Å². The van der Waals surface area contributed by atoms with Crippen LogP contribution < -0.4 is 0 Å². The zero-order chi connectivity index (χ0) is 13.9. The van der Waals surface area contributed by atoms with E-state index in [1.165, 1.54) is 22.5 Å². The van der Waals surface area contributed by atoms with Crippen LogP contribution in [-0.4, -0.2) is 39.5 Å². The number of hydrogen-bond donors (Lipinski definition) is 0. The predicted octanol–water partition coefficient (Wildman–Crippen LogP) is 1.87. The van der Waals surface area contributed by atoms with Crippen LogP contribution in [-0.2, 0) is 14.8 Å². The van der Waals surface area contributed by atoms with Gasteiger partial charge in [0.15, 0.2) is 0 Å². The van der Waals surface area contributed by atoms with Crippen molar-refractivity contribution in [1.29, 1.82) is 0 Å². The Morgan fingerprint density at radius 2 is 2.05 bits per heavy atom. The number of nitrogens with zero attached hydrogens (tertiary/aromatic N) is 1. The standard InChI is InChI=1S/C13H18FNO3S/c1-18-10-11-5-7-15(8-6-11)19(16,17)13-4-2-3-12(14)9-13/h2-4,9,11H,5-8,10H2,1H3. The number of methoxy groups -OCH3 is 1. The maximum absolute atomic E-state index is 13.1. The van der Waals surface area contributed by atoms with Crippen LogP contribution >= 0.6 is 0 Å². The Morgan fingerprint density at radius 3 is 2.63 bits per heavy atom. The molecule has 1 aromatic carbocycles. The van der Waals surface area contributed by atoms with Crippen molar-refractivity contribution in [3.05, 3.63) is 30.1 Å². The quantitative estimate of drug-likeness (QED) is 0.849. The summed E-state index contributed by atoms with van der Waals surface area (Å²) in [6.45, 7) is 1.59. The Morgan fingerprint density at radius 1 is 1.37 bits per heavy atom. The molecular weight excluding hydrogens is 269 g/mol. The van der Waals surface area contributed by atoms with Crippen molar-refractivity contribution in [3.8, 4) is 0 Å². The zero-order valence-corrected chi connectivity index (χ0v) is 11.7. The number of ether oxygens (including phenoxy) is 1. The molecule has 2 rings (SSSR count). The minimum absolute atomic E-state index is 0.0256. The topological polar surface area (TPSA) is 46.6 Å². The molecule has 0 spiro atoms. The van der Waals surface area contributed by atoms with Crippen molar-refractivity contribution in [2.24, 2.45) is 5.92 Å². The van der Waals surface area contributed by atoms with E-state index in [1.807, 2.05) is 0 Å². The van der Waals surface area contributed by atoms with Crippen LogP contribution in [0.15, 0.2) is 29.2 Å². The Kier molecular flexibility index (Phi) is 4.54. The number of hydrogen-bond acceptors (Lipinski definition) is 3. The van der Waals surface area contributed by atoms with Gasteiger partial charge in [-0.25, -0.2) is 12.8 Å². The van der Waals surface area contributed by atoms with Gasteiger partial charge in [0.2, 0.25) is 10.0 Å². The van der Waals surface area contributed by atoms with E-state index in [9.17, 15) is 12.8 Å². The molecule has 1 saturated heterocycles. The van der Waals surface area contributed by atoms with Crippen molar-refractivity contribution < 1.29 is 17.5 Å². The van der Waals surface area contributed by atoms with Crippen molar-refractivity contribution in [1.82, 2.24) is 4.31 Å². The summed E-state index contributed by atoms with van der Waals surface area (Å²) in [6, 6.07) is 5.15. The smallest absolute Gasteiger partial charge is 0.243 e. The summed E-state index contributed by atoms with van der Waals surface area (Å²) in [4.78, 5) is 0.0256. The number of benzene rings is 1. The van der Waals surface area contributed by atoms with Crippen LogP contribution in [0.1, 0.15) is 12.8 Å². The molecular formula is C13H18FNO3S. The highest BCUT2D eigenvalue weighted by Crippen LogP contribution is 2.24. The van der Waals surface area contributed by atoms with Crippen molar-refractivity contribution in [2.75, 3.05) is 26.8 Å². The zero-order valence-electron chi connectivity index (χ0n) is 10.9. The normalized spacial score (nSPS) is 18.6. The van der Waals surface area contributed by atoms with Crippen LogP contribution in [0, 0.1) is 11.7 Å². The van der Waals surface area contributed by atoms with Crippen LogP contribution in [0.5, 0.6) is 0 Å². The SMILES string of the molecule is COCC1CCN(S(=O)(=O)c2cccc(F)c2)CC1. The lowest BCUT2D eigenvalue weighted by Gasteiger charge is -2.30. The third kappa shape index (κ3) is 3.32. The average Bonchev–Trinajstić information content (AvgIpc) is 2.40. The van der Waals surface area contributed by atoms with Crippen LogP contribution in [0.4, 0.5) is 4.39 Å². The predicted molar refractivity (Wildman–Crippen MR) is 69.8 cm³/mol. The van der Waals surface area contributed by atoms with E-state index in [0.717, 1.165) is 18.9 Å². The molecule has 0 atom stereocenters. The fourth-order valence-electron chi connectivity index (χ4n) is 2.33. The molecule has 0 saturated carbocycles. The molecule has 4 nitrogen and oxygen atoms in total. The lowest BCUT2D eigenvalue weighted by atomic mass is 9.99. The first kappa shape index (κ1) is 14.4. The lowest BCUT2D eigenvalue weighted by Crippen LogP contribution is -2.39. The summed E-state index contributed by atoms with van der Waals surface area (Å²) in [6.07, 6.45) is 1.56. The van der Waals surface area contributed by atoms with Gasteiger partial charge >= 0.3 is 0 Å². The van der Waals surface area contributed by atoms with Crippen molar-refractivity contribution in [3.63, 3.8) is 0 Å². The molecule has 0 unspecified atom stereocenters. The minimum Gasteiger partial charge on any atom is -0.384 e. The van der Waals surface area contributed by atoms with E-state index in [4.69, 9.17) is 4.74 Å². The monoisotopic (exact) mass is 287 g/mol. The first-order valence-electron chi connectivity index (χ1n) is 6.28. The van der Waals surface area contributed by atoms with Gasteiger partial charge in [0.25, 0.3) is 0 Å². The first-order valence-corrected chi connectivity index (χ1v) is 7.72. The van der Waals surface area contributed by atoms with Crippen LogP contribution in [0.25, 0.3) is 0 Å². The number of piperidine rings is 1. The molecule has 0 bridgehead atoms. The van der Waals surface area contributed by atoms with Gasteiger partial charge in [-0.15, -0.1) is 0 Å². The molecule has 0 amide bonds. The molecule has 1 heterocycles. The summed E-state index contributed by atoms with van der Waals surface area (Å²) in [5.74, 6) is -0.126. The average molecular weight is 287 g/mol. The van der Waals surface area contributed by atoms with Gasteiger partial charge in [-0.05, 0) is 37.0 Å². The highest BCUT2D eigenvalue weighted by atomic mass is 32.2. The molecule has 0 aromatic heterocycles. The second-order valence-corrected chi connectivity index (χ2v) is 6.70. The summed E-state index contributed by atoms with van der Waals surface area (Å²) >= 11 is 0. The van der Waals surface area contributed by atoms with E-state index in [-0.39, 0.29) is 4.90 Å². The molecule has 0 aliphatic carbocycles. The van der Waals surface area contributed by atoms with Crippen molar-refractivity contribution >= 4 is 10.0 Å². The molecule has 0 N–H and O–H groups in total. The lowest BCUT2D eigenvalue weighted by molar-refractivity contribution is 0.121. The highest BCUT2D eigenvalue weighted by Gasteiger charge is 2.29. The molecule has 19 heavy (non-hydrogen) atoms. The minimum atomic E-state index is -3.57. The Labute approximate surface area is 113 Å². The maximum atomic E-state index is 13.1. The van der Waals surface area contributed by atoms with Gasteiger partial charge in [-0.2, -0.15) is 4.31 Å². The van der Waals surface area contributed by atoms with Gasteiger partial charge in [-0.3, -0.25) is 0 Å². The van der Waals surface area contributed by atoms with E-state index in [0.29, 0.717) is 25.6 Å². The fourth-order valence-corrected chi connectivity index (χ4v) is 3.83. The van der Waals surface area contributed by atoms with Gasteiger partial charge in [-0.1, -0.05) is 6.07 Å². The summed E-state index contributed by atoms with van der Waals surface area (Å²) in [5.41, 5.74) is 0. The van der Waals surface area contributed by atoms with E-state index < -0.39 is 15.8 Å².